The van der Waals surface area contributed by atoms with Crippen molar-refractivity contribution in [2.45, 2.75) is 44.7 Å². The summed E-state index contributed by atoms with van der Waals surface area (Å²) in [5.74, 6) is 0.469. The molecule has 3 aromatic rings. The van der Waals surface area contributed by atoms with Gasteiger partial charge in [-0.05, 0) is 79.6 Å². The van der Waals surface area contributed by atoms with Crippen molar-refractivity contribution >= 4 is 23.4 Å². The third kappa shape index (κ3) is 7.06. The summed E-state index contributed by atoms with van der Waals surface area (Å²) in [5, 5.41) is 3.44. The van der Waals surface area contributed by atoms with E-state index in [1.807, 2.05) is 36.5 Å². The Bertz CT molecular complexity index is 1120. The number of amides is 2. The van der Waals surface area contributed by atoms with E-state index in [2.05, 4.69) is 16.4 Å². The number of hydrogen-bond acceptors (Lipinski definition) is 4. The van der Waals surface area contributed by atoms with Crippen LogP contribution in [0.25, 0.3) is 0 Å². The normalized spacial score (nSPS) is 15.7. The average Bonchev–Trinajstić information content (AvgIpc) is 3.10. The van der Waals surface area contributed by atoms with Crippen molar-refractivity contribution in [2.24, 2.45) is 0 Å². The summed E-state index contributed by atoms with van der Waals surface area (Å²) in [4.78, 5) is 32.1. The smallest absolute Gasteiger partial charge is 0.254 e. The highest BCUT2D eigenvalue weighted by atomic mass is 35.5. The molecule has 6 nitrogen and oxygen atoms in total. The minimum atomic E-state index is -0.521. The molecule has 1 aliphatic rings. The average molecular weight is 492 g/mol. The highest BCUT2D eigenvalue weighted by Crippen LogP contribution is 2.22. The Labute approximate surface area is 211 Å². The third-order valence-corrected chi connectivity index (χ3v) is 6.33. The monoisotopic (exact) mass is 491 g/mol. The molecule has 0 bridgehead atoms. The number of carbonyl (C=O) groups excluding carboxylic acids is 2. The van der Waals surface area contributed by atoms with Crippen LogP contribution in [0.4, 0.5) is 0 Å². The molecule has 1 N–H and O–H groups in total. The van der Waals surface area contributed by atoms with Gasteiger partial charge >= 0.3 is 0 Å². The Kier molecular flexibility index (Phi) is 8.74. The van der Waals surface area contributed by atoms with E-state index in [9.17, 15) is 9.59 Å². The first kappa shape index (κ1) is 24.7. The molecule has 1 saturated heterocycles. The quantitative estimate of drug-likeness (QED) is 0.425. The fraction of sp³-hybridized carbons (Fsp3) is 0.321. The van der Waals surface area contributed by atoms with Crippen LogP contribution in [-0.2, 0) is 17.8 Å². The van der Waals surface area contributed by atoms with Gasteiger partial charge in [0.15, 0.2) is 0 Å². The number of aryl methyl sites for hydroxylation is 1. The van der Waals surface area contributed by atoms with Gasteiger partial charge in [-0.2, -0.15) is 0 Å². The minimum absolute atomic E-state index is 0.105. The maximum atomic E-state index is 13.5. The molecule has 4 rings (SSSR count). The van der Waals surface area contributed by atoms with E-state index in [1.54, 1.807) is 35.4 Å². The maximum Gasteiger partial charge on any atom is 0.254 e. The van der Waals surface area contributed by atoms with Crippen molar-refractivity contribution in [3.05, 3.63) is 94.8 Å². The van der Waals surface area contributed by atoms with Crippen LogP contribution >= 0.6 is 11.6 Å². The van der Waals surface area contributed by atoms with Gasteiger partial charge in [-0.3, -0.25) is 14.6 Å². The lowest BCUT2D eigenvalue weighted by molar-refractivity contribution is -0.125. The number of benzene rings is 2. The Morgan fingerprint density at radius 2 is 1.94 bits per heavy atom. The Morgan fingerprint density at radius 3 is 2.71 bits per heavy atom. The first-order chi connectivity index (χ1) is 17.1. The predicted molar refractivity (Wildman–Crippen MR) is 136 cm³/mol. The lowest BCUT2D eigenvalue weighted by Gasteiger charge is -2.30. The summed E-state index contributed by atoms with van der Waals surface area (Å²) < 4.78 is 5.89. The van der Waals surface area contributed by atoms with Crippen molar-refractivity contribution in [2.75, 3.05) is 13.2 Å². The minimum Gasteiger partial charge on any atom is -0.494 e. The van der Waals surface area contributed by atoms with E-state index < -0.39 is 6.04 Å². The number of nitrogens with zero attached hydrogens (tertiary/aromatic N) is 2. The number of halogens is 1. The van der Waals surface area contributed by atoms with Crippen molar-refractivity contribution in [3.8, 4) is 5.75 Å². The molecule has 1 aliphatic heterocycles. The highest BCUT2D eigenvalue weighted by molar-refractivity contribution is 6.31. The van der Waals surface area contributed by atoms with Crippen LogP contribution in [0.2, 0.25) is 5.02 Å². The summed E-state index contributed by atoms with van der Waals surface area (Å²) in [7, 11) is 0. The number of nitrogens with one attached hydrogen (secondary N) is 1. The number of aromatic nitrogens is 1. The first-order valence-electron chi connectivity index (χ1n) is 12.0. The van der Waals surface area contributed by atoms with Crippen molar-refractivity contribution in [1.82, 2.24) is 15.2 Å². The van der Waals surface area contributed by atoms with Gasteiger partial charge in [0, 0.05) is 36.1 Å². The van der Waals surface area contributed by atoms with Gasteiger partial charge in [0.1, 0.15) is 11.8 Å². The predicted octanol–water partition coefficient (Wildman–Crippen LogP) is 5.06. The number of ether oxygens (including phenoxy) is 1. The van der Waals surface area contributed by atoms with Crippen molar-refractivity contribution in [3.63, 3.8) is 0 Å². The van der Waals surface area contributed by atoms with Crippen LogP contribution in [-0.4, -0.2) is 40.9 Å². The molecule has 35 heavy (non-hydrogen) atoms. The first-order valence-corrected chi connectivity index (χ1v) is 12.4. The Morgan fingerprint density at radius 1 is 1.09 bits per heavy atom. The molecular weight excluding hydrogens is 462 g/mol. The summed E-state index contributed by atoms with van der Waals surface area (Å²) in [5.41, 5.74) is 2.60. The number of rotatable bonds is 9. The van der Waals surface area contributed by atoms with Crippen LogP contribution in [0, 0.1) is 0 Å². The number of carbonyl (C=O) groups is 2. The molecule has 0 saturated carbocycles. The molecule has 2 aromatic carbocycles. The molecule has 182 valence electrons. The Balaban J connectivity index is 1.42. The van der Waals surface area contributed by atoms with Crippen molar-refractivity contribution < 1.29 is 14.3 Å². The second-order valence-corrected chi connectivity index (χ2v) is 9.14. The topological polar surface area (TPSA) is 71.5 Å². The molecule has 0 aliphatic carbocycles. The molecule has 1 aromatic heterocycles. The van der Waals surface area contributed by atoms with E-state index in [1.165, 1.54) is 5.56 Å². The summed E-state index contributed by atoms with van der Waals surface area (Å²) in [6.07, 6.45) is 7.88. The van der Waals surface area contributed by atoms with Gasteiger partial charge in [-0.1, -0.05) is 35.9 Å². The lowest BCUT2D eigenvalue weighted by Crippen LogP contribution is -2.48. The van der Waals surface area contributed by atoms with Crippen LogP contribution in [0.1, 0.15) is 47.2 Å². The zero-order valence-corrected chi connectivity index (χ0v) is 20.4. The lowest BCUT2D eigenvalue weighted by atomic mass is 10.1. The third-order valence-electron chi connectivity index (χ3n) is 6.09. The Hall–Kier alpha value is -3.38. The summed E-state index contributed by atoms with van der Waals surface area (Å²) in [6.45, 7) is 1.57. The number of hydrogen-bond donors (Lipinski definition) is 1. The largest absolute Gasteiger partial charge is 0.494 e. The van der Waals surface area contributed by atoms with Crippen LogP contribution < -0.4 is 10.1 Å². The molecule has 1 fully saturated rings. The second-order valence-electron chi connectivity index (χ2n) is 8.70. The summed E-state index contributed by atoms with van der Waals surface area (Å²) >= 11 is 6.13. The molecule has 0 radical (unpaired) electrons. The SMILES string of the molecule is O=C1NCCCC[C@@H]1N(Cc1ccc(OCCCc2cccnc2)cc1)C(=O)c1cccc(Cl)c1. The van der Waals surface area contributed by atoms with Gasteiger partial charge in [0.25, 0.3) is 5.91 Å². The van der Waals surface area contributed by atoms with Gasteiger partial charge in [-0.25, -0.2) is 0 Å². The van der Waals surface area contributed by atoms with Crippen LogP contribution in [0.5, 0.6) is 5.75 Å². The van der Waals surface area contributed by atoms with E-state index in [0.29, 0.717) is 36.7 Å². The molecule has 7 heteroatoms. The molecule has 2 heterocycles. The molecule has 0 spiro atoms. The molecule has 1 atom stereocenters. The van der Waals surface area contributed by atoms with Gasteiger partial charge in [-0.15, -0.1) is 0 Å². The van der Waals surface area contributed by atoms with E-state index in [0.717, 1.165) is 37.0 Å². The van der Waals surface area contributed by atoms with Gasteiger partial charge < -0.3 is 15.0 Å². The second kappa shape index (κ2) is 12.4. The van der Waals surface area contributed by atoms with Crippen LogP contribution in [0.3, 0.4) is 0 Å². The summed E-state index contributed by atoms with van der Waals surface area (Å²) in [6, 6.07) is 18.1. The van der Waals surface area contributed by atoms with E-state index >= 15 is 0 Å². The molecular formula is C28H30ClN3O3. The standard InChI is InChI=1S/C28H30ClN3O3/c29-24-9-3-8-23(18-24)28(34)32(26-10-1-2-16-31-27(26)33)20-22-11-13-25(14-12-22)35-17-5-7-21-6-4-15-30-19-21/h3-4,6,8-9,11-15,18-19,26H,1-2,5,7,10,16-17,20H2,(H,31,33)/t26-/m0/s1. The van der Waals surface area contributed by atoms with Gasteiger partial charge in [0.05, 0.1) is 6.61 Å². The van der Waals surface area contributed by atoms with E-state index in [-0.39, 0.29) is 11.8 Å². The van der Waals surface area contributed by atoms with Gasteiger partial charge in [0.2, 0.25) is 5.91 Å². The fourth-order valence-corrected chi connectivity index (χ4v) is 4.42. The fourth-order valence-electron chi connectivity index (χ4n) is 4.23. The highest BCUT2D eigenvalue weighted by Gasteiger charge is 2.31. The zero-order valence-electron chi connectivity index (χ0n) is 19.7. The van der Waals surface area contributed by atoms with Crippen LogP contribution in [0.15, 0.2) is 73.1 Å². The number of pyridine rings is 1. The molecule has 2 amide bonds. The van der Waals surface area contributed by atoms with E-state index in [4.69, 9.17) is 16.3 Å². The maximum absolute atomic E-state index is 13.5. The van der Waals surface area contributed by atoms with Crippen molar-refractivity contribution in [1.29, 1.82) is 0 Å². The molecule has 0 unspecified atom stereocenters. The zero-order chi connectivity index (χ0) is 24.5.